The number of carbonyl (C=O) groups is 2. The Bertz CT molecular complexity index is 1120. The predicted octanol–water partition coefficient (Wildman–Crippen LogP) is 6.23. The molecule has 4 nitrogen and oxygen atoms in total. The van der Waals surface area contributed by atoms with Crippen LogP contribution in [0.3, 0.4) is 0 Å². The van der Waals surface area contributed by atoms with Crippen LogP contribution in [0, 0.1) is 5.82 Å². The average Bonchev–Trinajstić information content (AvgIpc) is 2.85. The van der Waals surface area contributed by atoms with Crippen molar-refractivity contribution in [3.8, 4) is 0 Å². The van der Waals surface area contributed by atoms with E-state index in [1.807, 2.05) is 30.3 Å². The fourth-order valence-corrected chi connectivity index (χ4v) is 4.09. The first-order valence-corrected chi connectivity index (χ1v) is 12.4. The van der Waals surface area contributed by atoms with E-state index in [4.69, 9.17) is 23.2 Å². The van der Waals surface area contributed by atoms with Gasteiger partial charge in [0.05, 0.1) is 16.5 Å². The summed E-state index contributed by atoms with van der Waals surface area (Å²) in [4.78, 5) is 28.6. The summed E-state index contributed by atoms with van der Waals surface area (Å²) in [6.07, 6.45) is 2.19. The number of nitrogens with one attached hydrogen (secondary N) is 1. The SMILES string of the molecule is CCCCNC(=O)[C@@H](Cc1ccccc1)N(Cc1ccc(Cl)c(Cl)c1)C(=O)Cc1ccc(F)cc1. The van der Waals surface area contributed by atoms with Crippen molar-refractivity contribution < 1.29 is 14.0 Å². The number of hydrogen-bond donors (Lipinski definition) is 1. The molecule has 3 rings (SSSR count). The quantitative estimate of drug-likeness (QED) is 0.308. The van der Waals surface area contributed by atoms with Crippen LogP contribution in [0.1, 0.15) is 36.5 Å². The molecule has 0 aromatic heterocycles. The Morgan fingerprint density at radius 1 is 0.914 bits per heavy atom. The van der Waals surface area contributed by atoms with Gasteiger partial charge in [0, 0.05) is 19.5 Å². The Labute approximate surface area is 216 Å². The van der Waals surface area contributed by atoms with Crippen LogP contribution in [-0.4, -0.2) is 29.3 Å². The highest BCUT2D eigenvalue weighted by Gasteiger charge is 2.30. The second-order valence-electron chi connectivity index (χ2n) is 8.42. The zero-order chi connectivity index (χ0) is 25.2. The Morgan fingerprint density at radius 2 is 1.60 bits per heavy atom. The Balaban J connectivity index is 1.95. The minimum absolute atomic E-state index is 0.0368. The second-order valence-corrected chi connectivity index (χ2v) is 9.24. The standard InChI is InChI=1S/C28H29Cl2FN2O2/c1-2-3-15-32-28(35)26(17-20-7-5-4-6-8-20)33(19-22-11-14-24(29)25(30)16-22)27(34)18-21-9-12-23(31)13-10-21/h4-14,16,26H,2-3,15,17-19H2,1H3,(H,32,35)/t26-/m1/s1. The van der Waals surface area contributed by atoms with Crippen molar-refractivity contribution in [2.75, 3.05) is 6.54 Å². The van der Waals surface area contributed by atoms with Crippen molar-refractivity contribution in [2.45, 2.75) is 45.2 Å². The van der Waals surface area contributed by atoms with Crippen LogP contribution >= 0.6 is 23.2 Å². The summed E-state index contributed by atoms with van der Waals surface area (Å²) in [6.45, 7) is 2.76. The van der Waals surface area contributed by atoms with Crippen molar-refractivity contribution in [2.24, 2.45) is 0 Å². The molecule has 0 spiro atoms. The highest BCUT2D eigenvalue weighted by atomic mass is 35.5. The van der Waals surface area contributed by atoms with E-state index in [1.54, 1.807) is 35.2 Å². The highest BCUT2D eigenvalue weighted by Crippen LogP contribution is 2.24. The van der Waals surface area contributed by atoms with E-state index >= 15 is 0 Å². The molecule has 0 heterocycles. The summed E-state index contributed by atoms with van der Waals surface area (Å²) in [5.74, 6) is -0.824. The van der Waals surface area contributed by atoms with E-state index in [9.17, 15) is 14.0 Å². The summed E-state index contributed by atoms with van der Waals surface area (Å²) in [6, 6.07) is 19.8. The predicted molar refractivity (Wildman–Crippen MR) is 139 cm³/mol. The summed E-state index contributed by atoms with van der Waals surface area (Å²) in [5.41, 5.74) is 2.36. The van der Waals surface area contributed by atoms with Crippen molar-refractivity contribution in [1.82, 2.24) is 10.2 Å². The molecule has 3 aromatic rings. The maximum atomic E-state index is 13.6. The van der Waals surface area contributed by atoms with E-state index < -0.39 is 6.04 Å². The molecule has 0 fully saturated rings. The minimum atomic E-state index is -0.739. The lowest BCUT2D eigenvalue weighted by atomic mass is 10.0. The lowest BCUT2D eigenvalue weighted by Crippen LogP contribution is -2.51. The molecule has 3 aromatic carbocycles. The maximum absolute atomic E-state index is 13.6. The van der Waals surface area contributed by atoms with Crippen LogP contribution in [0.2, 0.25) is 10.0 Å². The fourth-order valence-electron chi connectivity index (χ4n) is 3.77. The average molecular weight is 515 g/mol. The molecule has 0 bridgehead atoms. The lowest BCUT2D eigenvalue weighted by molar-refractivity contribution is -0.140. The second kappa shape index (κ2) is 13.3. The molecule has 0 saturated carbocycles. The molecular formula is C28H29Cl2FN2O2. The van der Waals surface area contributed by atoms with Crippen LogP contribution in [0.25, 0.3) is 0 Å². The number of halogens is 3. The van der Waals surface area contributed by atoms with Gasteiger partial charge >= 0.3 is 0 Å². The summed E-state index contributed by atoms with van der Waals surface area (Å²) in [7, 11) is 0. The number of carbonyl (C=O) groups excluding carboxylic acids is 2. The van der Waals surface area contributed by atoms with Gasteiger partial charge in [0.25, 0.3) is 0 Å². The first-order chi connectivity index (χ1) is 16.9. The molecule has 2 amide bonds. The van der Waals surface area contributed by atoms with Gasteiger partial charge in [0.1, 0.15) is 11.9 Å². The molecule has 7 heteroatoms. The van der Waals surface area contributed by atoms with Gasteiger partial charge in [-0.1, -0.05) is 85.1 Å². The number of hydrogen-bond acceptors (Lipinski definition) is 2. The molecule has 35 heavy (non-hydrogen) atoms. The molecule has 1 atom stereocenters. The molecule has 0 aliphatic heterocycles. The third-order valence-electron chi connectivity index (χ3n) is 5.71. The summed E-state index contributed by atoms with van der Waals surface area (Å²) >= 11 is 12.3. The minimum Gasteiger partial charge on any atom is -0.354 e. The Kier molecular flexibility index (Phi) is 10.1. The third-order valence-corrected chi connectivity index (χ3v) is 6.45. The molecule has 1 N–H and O–H groups in total. The number of nitrogens with zero attached hydrogens (tertiary/aromatic N) is 1. The summed E-state index contributed by atoms with van der Waals surface area (Å²) < 4.78 is 13.4. The molecule has 0 aliphatic rings. The van der Waals surface area contributed by atoms with Gasteiger partial charge in [-0.05, 0) is 47.4 Å². The van der Waals surface area contributed by atoms with Crippen molar-refractivity contribution in [1.29, 1.82) is 0 Å². The molecule has 184 valence electrons. The van der Waals surface area contributed by atoms with Crippen molar-refractivity contribution in [3.63, 3.8) is 0 Å². The molecular weight excluding hydrogens is 486 g/mol. The van der Waals surface area contributed by atoms with Gasteiger partial charge < -0.3 is 10.2 Å². The maximum Gasteiger partial charge on any atom is 0.243 e. The van der Waals surface area contributed by atoms with E-state index in [1.165, 1.54) is 12.1 Å². The molecule has 0 unspecified atom stereocenters. The van der Waals surface area contributed by atoms with E-state index in [-0.39, 0.29) is 30.6 Å². The van der Waals surface area contributed by atoms with Crippen LogP contribution < -0.4 is 5.32 Å². The van der Waals surface area contributed by atoms with Crippen LogP contribution in [0.15, 0.2) is 72.8 Å². The highest BCUT2D eigenvalue weighted by molar-refractivity contribution is 6.42. The van der Waals surface area contributed by atoms with Crippen LogP contribution in [0.5, 0.6) is 0 Å². The molecule has 0 radical (unpaired) electrons. The van der Waals surface area contributed by atoms with Gasteiger partial charge in [0.15, 0.2) is 0 Å². The lowest BCUT2D eigenvalue weighted by Gasteiger charge is -2.32. The molecule has 0 saturated heterocycles. The topological polar surface area (TPSA) is 49.4 Å². The van der Waals surface area contributed by atoms with E-state index in [2.05, 4.69) is 12.2 Å². The monoisotopic (exact) mass is 514 g/mol. The van der Waals surface area contributed by atoms with Gasteiger partial charge in [-0.3, -0.25) is 9.59 Å². The van der Waals surface area contributed by atoms with Gasteiger partial charge in [-0.2, -0.15) is 0 Å². The number of unbranched alkanes of at least 4 members (excludes halogenated alkanes) is 1. The third kappa shape index (κ3) is 8.08. The Morgan fingerprint density at radius 3 is 2.26 bits per heavy atom. The number of benzene rings is 3. The van der Waals surface area contributed by atoms with Gasteiger partial charge in [-0.25, -0.2) is 4.39 Å². The normalized spacial score (nSPS) is 11.7. The smallest absolute Gasteiger partial charge is 0.243 e. The van der Waals surface area contributed by atoms with Crippen LogP contribution in [-0.2, 0) is 29.0 Å². The summed E-state index contributed by atoms with van der Waals surface area (Å²) in [5, 5.41) is 3.78. The van der Waals surface area contributed by atoms with Crippen molar-refractivity contribution >= 4 is 35.0 Å². The zero-order valence-electron chi connectivity index (χ0n) is 19.6. The zero-order valence-corrected chi connectivity index (χ0v) is 21.2. The number of rotatable bonds is 11. The Hall–Kier alpha value is -2.89. The van der Waals surface area contributed by atoms with E-state index in [0.717, 1.165) is 24.0 Å². The molecule has 0 aliphatic carbocycles. The fraction of sp³-hybridized carbons (Fsp3) is 0.286. The van der Waals surface area contributed by atoms with Crippen molar-refractivity contribution in [3.05, 3.63) is 105 Å². The van der Waals surface area contributed by atoms with E-state index in [0.29, 0.717) is 28.6 Å². The first-order valence-electron chi connectivity index (χ1n) is 11.7. The number of amides is 2. The first kappa shape index (κ1) is 26.7. The largest absolute Gasteiger partial charge is 0.354 e. The van der Waals surface area contributed by atoms with Crippen LogP contribution in [0.4, 0.5) is 4.39 Å². The van der Waals surface area contributed by atoms with Gasteiger partial charge in [0.2, 0.25) is 11.8 Å². The van der Waals surface area contributed by atoms with Gasteiger partial charge in [-0.15, -0.1) is 0 Å².